The molecule has 0 saturated heterocycles. The number of carbonyl (C=O) groups excluding carboxylic acids is 1. The normalized spacial score (nSPS) is 15.9. The van der Waals surface area contributed by atoms with E-state index in [0.717, 1.165) is 48.5 Å². The number of benzene rings is 2. The summed E-state index contributed by atoms with van der Waals surface area (Å²) in [5.41, 5.74) is 2.87. The second kappa shape index (κ2) is 7.65. The lowest BCUT2D eigenvalue weighted by molar-refractivity contribution is -0.0716. The topological polar surface area (TPSA) is 82.8 Å². The Labute approximate surface area is 180 Å². The molecule has 0 radical (unpaired) electrons. The largest absolute Gasteiger partial charge is 0.489 e. The lowest BCUT2D eigenvalue weighted by atomic mass is 10.2. The molecule has 1 fully saturated rings. The van der Waals surface area contributed by atoms with Gasteiger partial charge in [-0.05, 0) is 57.0 Å². The van der Waals surface area contributed by atoms with Gasteiger partial charge in [0.15, 0.2) is 11.5 Å². The summed E-state index contributed by atoms with van der Waals surface area (Å²) in [6.07, 6.45) is 3.99. The zero-order valence-corrected chi connectivity index (χ0v) is 17.6. The predicted molar refractivity (Wildman–Crippen MR) is 114 cm³/mol. The second-order valence-corrected chi connectivity index (χ2v) is 8.06. The SMILES string of the molecule is Cc1noc(C)c1COc1cccc(C(=O)Nc2ccc3c(c2)OC2(CCCC2)O3)c1. The highest BCUT2D eigenvalue weighted by Gasteiger charge is 2.44. The number of nitrogens with one attached hydrogen (secondary N) is 1. The summed E-state index contributed by atoms with van der Waals surface area (Å²) in [4.78, 5) is 12.8. The molecule has 5 rings (SSSR count). The standard InChI is InChI=1S/C24H24N2O5/c1-15-20(16(2)31-26-15)14-28-19-7-5-6-17(12-19)23(27)25-18-8-9-21-22(13-18)30-24(29-21)10-3-4-11-24/h5-9,12-13H,3-4,10-11,14H2,1-2H3,(H,25,27). The van der Waals surface area contributed by atoms with E-state index in [1.807, 2.05) is 38.1 Å². The van der Waals surface area contributed by atoms with Crippen LogP contribution in [0.4, 0.5) is 5.69 Å². The highest BCUT2D eigenvalue weighted by atomic mass is 16.7. The van der Waals surface area contributed by atoms with E-state index in [2.05, 4.69) is 10.5 Å². The molecule has 2 aliphatic rings. The fourth-order valence-electron chi connectivity index (χ4n) is 4.08. The zero-order chi connectivity index (χ0) is 21.4. The van der Waals surface area contributed by atoms with Crippen molar-refractivity contribution in [3.63, 3.8) is 0 Å². The first-order valence-corrected chi connectivity index (χ1v) is 10.5. The first kappa shape index (κ1) is 19.5. The van der Waals surface area contributed by atoms with Gasteiger partial charge in [0.2, 0.25) is 0 Å². The van der Waals surface area contributed by atoms with Crippen LogP contribution in [0, 0.1) is 13.8 Å². The van der Waals surface area contributed by atoms with Crippen LogP contribution in [0.5, 0.6) is 17.2 Å². The molecule has 3 aromatic rings. The molecule has 0 atom stereocenters. The maximum absolute atomic E-state index is 12.8. The van der Waals surface area contributed by atoms with E-state index in [1.165, 1.54) is 0 Å². The van der Waals surface area contributed by atoms with Gasteiger partial charge in [0.05, 0.1) is 11.3 Å². The number of fused-ring (bicyclic) bond motifs is 1. The number of aryl methyl sites for hydroxylation is 2. The fraction of sp³-hybridized carbons (Fsp3) is 0.333. The molecule has 1 spiro atoms. The molecule has 2 aromatic carbocycles. The van der Waals surface area contributed by atoms with Crippen LogP contribution in [0.1, 0.15) is 53.1 Å². The molecule has 7 heteroatoms. The van der Waals surface area contributed by atoms with Crippen LogP contribution in [-0.4, -0.2) is 16.9 Å². The van der Waals surface area contributed by atoms with E-state index in [4.69, 9.17) is 18.7 Å². The molecule has 1 amide bonds. The van der Waals surface area contributed by atoms with E-state index in [9.17, 15) is 4.79 Å². The lowest BCUT2D eigenvalue weighted by Gasteiger charge is -2.21. The number of ether oxygens (including phenoxy) is 3. The van der Waals surface area contributed by atoms with Crippen LogP contribution in [0.25, 0.3) is 0 Å². The highest BCUT2D eigenvalue weighted by molar-refractivity contribution is 6.04. The number of amides is 1. The van der Waals surface area contributed by atoms with Crippen molar-refractivity contribution >= 4 is 11.6 Å². The van der Waals surface area contributed by atoms with Gasteiger partial charge >= 0.3 is 0 Å². The summed E-state index contributed by atoms with van der Waals surface area (Å²) >= 11 is 0. The maximum atomic E-state index is 12.8. The number of rotatable bonds is 5. The Bertz CT molecular complexity index is 1110. The summed E-state index contributed by atoms with van der Waals surface area (Å²) < 4.78 is 23.1. The average molecular weight is 420 g/mol. The van der Waals surface area contributed by atoms with E-state index in [1.54, 1.807) is 18.2 Å². The molecular formula is C24H24N2O5. The maximum Gasteiger partial charge on any atom is 0.255 e. The van der Waals surface area contributed by atoms with E-state index in [-0.39, 0.29) is 5.91 Å². The van der Waals surface area contributed by atoms with Gasteiger partial charge in [0.25, 0.3) is 11.7 Å². The van der Waals surface area contributed by atoms with Gasteiger partial charge in [0.1, 0.15) is 18.1 Å². The number of hydrogen-bond donors (Lipinski definition) is 1. The quantitative estimate of drug-likeness (QED) is 0.614. The molecule has 31 heavy (non-hydrogen) atoms. The average Bonchev–Trinajstić information content (AvgIpc) is 3.46. The van der Waals surface area contributed by atoms with Crippen molar-refractivity contribution in [3.05, 3.63) is 65.0 Å². The van der Waals surface area contributed by atoms with Crippen molar-refractivity contribution in [1.29, 1.82) is 0 Å². The Morgan fingerprint density at radius 3 is 2.68 bits per heavy atom. The third kappa shape index (κ3) is 3.83. The molecule has 1 aliphatic heterocycles. The molecule has 1 N–H and O–H groups in total. The Morgan fingerprint density at radius 2 is 1.90 bits per heavy atom. The minimum absolute atomic E-state index is 0.225. The molecule has 1 aliphatic carbocycles. The Morgan fingerprint density at radius 1 is 1.10 bits per heavy atom. The summed E-state index contributed by atoms with van der Waals surface area (Å²) in [6.45, 7) is 4.05. The first-order chi connectivity index (χ1) is 15.0. The summed E-state index contributed by atoms with van der Waals surface area (Å²) in [5.74, 6) is 2.00. The molecule has 160 valence electrons. The summed E-state index contributed by atoms with van der Waals surface area (Å²) in [7, 11) is 0. The Hall–Kier alpha value is -3.48. The van der Waals surface area contributed by atoms with Crippen molar-refractivity contribution in [3.8, 4) is 17.2 Å². The van der Waals surface area contributed by atoms with E-state index < -0.39 is 5.79 Å². The fourth-order valence-corrected chi connectivity index (χ4v) is 4.08. The predicted octanol–water partition coefficient (Wildman–Crippen LogP) is 5.16. The number of nitrogens with zero attached hydrogens (tertiary/aromatic N) is 1. The van der Waals surface area contributed by atoms with Crippen LogP contribution >= 0.6 is 0 Å². The van der Waals surface area contributed by atoms with Gasteiger partial charge in [-0.1, -0.05) is 11.2 Å². The van der Waals surface area contributed by atoms with Gasteiger partial charge in [-0.15, -0.1) is 0 Å². The van der Waals surface area contributed by atoms with Gasteiger partial charge in [-0.3, -0.25) is 4.79 Å². The third-order valence-electron chi connectivity index (χ3n) is 5.82. The minimum Gasteiger partial charge on any atom is -0.489 e. The zero-order valence-electron chi connectivity index (χ0n) is 17.6. The van der Waals surface area contributed by atoms with Crippen LogP contribution in [0.3, 0.4) is 0 Å². The number of anilines is 1. The molecule has 0 unspecified atom stereocenters. The Balaban J connectivity index is 1.26. The summed E-state index contributed by atoms with van der Waals surface area (Å²) in [5, 5.41) is 6.86. The van der Waals surface area contributed by atoms with Crippen LogP contribution in [0.15, 0.2) is 47.0 Å². The number of carbonyl (C=O) groups is 1. The van der Waals surface area contributed by atoms with Gasteiger partial charge in [-0.25, -0.2) is 0 Å². The van der Waals surface area contributed by atoms with E-state index in [0.29, 0.717) is 29.4 Å². The van der Waals surface area contributed by atoms with Crippen molar-refractivity contribution in [2.45, 2.75) is 51.9 Å². The van der Waals surface area contributed by atoms with Crippen molar-refractivity contribution < 1.29 is 23.5 Å². The van der Waals surface area contributed by atoms with Gasteiger partial charge in [0, 0.05) is 30.2 Å². The van der Waals surface area contributed by atoms with Crippen LogP contribution in [0.2, 0.25) is 0 Å². The molecule has 2 heterocycles. The van der Waals surface area contributed by atoms with Crippen LogP contribution in [-0.2, 0) is 6.61 Å². The first-order valence-electron chi connectivity index (χ1n) is 10.5. The third-order valence-corrected chi connectivity index (χ3v) is 5.82. The molecule has 1 saturated carbocycles. The van der Waals surface area contributed by atoms with Crippen molar-refractivity contribution in [2.75, 3.05) is 5.32 Å². The van der Waals surface area contributed by atoms with Crippen molar-refractivity contribution in [1.82, 2.24) is 5.16 Å². The molecular weight excluding hydrogens is 396 g/mol. The molecule has 0 bridgehead atoms. The highest BCUT2D eigenvalue weighted by Crippen LogP contribution is 2.47. The smallest absolute Gasteiger partial charge is 0.255 e. The Kier molecular flexibility index (Phi) is 4.81. The van der Waals surface area contributed by atoms with Gasteiger partial charge < -0.3 is 24.1 Å². The monoisotopic (exact) mass is 420 g/mol. The number of hydrogen-bond acceptors (Lipinski definition) is 6. The van der Waals surface area contributed by atoms with Gasteiger partial charge in [-0.2, -0.15) is 0 Å². The molecule has 1 aromatic heterocycles. The van der Waals surface area contributed by atoms with Crippen molar-refractivity contribution in [2.24, 2.45) is 0 Å². The second-order valence-electron chi connectivity index (χ2n) is 8.06. The van der Waals surface area contributed by atoms with E-state index >= 15 is 0 Å². The number of aromatic nitrogens is 1. The molecule has 7 nitrogen and oxygen atoms in total. The summed E-state index contributed by atoms with van der Waals surface area (Å²) in [6, 6.07) is 12.6. The van der Waals surface area contributed by atoms with Crippen LogP contribution < -0.4 is 19.5 Å². The lowest BCUT2D eigenvalue weighted by Crippen LogP contribution is -2.34. The minimum atomic E-state index is -0.516.